The third-order valence-electron chi connectivity index (χ3n) is 6.19. The average molecular weight is 445 g/mol. The van der Waals surface area contributed by atoms with Gasteiger partial charge in [-0.25, -0.2) is 0 Å². The van der Waals surface area contributed by atoms with Crippen LogP contribution in [-0.4, -0.2) is 32.8 Å². The minimum Gasteiger partial charge on any atom is -0.468 e. The summed E-state index contributed by atoms with van der Waals surface area (Å²) in [5.74, 6) is 0.114. The van der Waals surface area contributed by atoms with E-state index in [-0.39, 0.29) is 23.4 Å². The van der Waals surface area contributed by atoms with Crippen LogP contribution in [0.5, 0.6) is 0 Å². The summed E-state index contributed by atoms with van der Waals surface area (Å²) in [6.07, 6.45) is 3.02. The van der Waals surface area contributed by atoms with Crippen LogP contribution >= 0.6 is 0 Å². The maximum absolute atomic E-state index is 13.2. The minimum atomic E-state index is -0.830. The summed E-state index contributed by atoms with van der Waals surface area (Å²) in [5.41, 5.74) is 3.78. The zero-order valence-electron chi connectivity index (χ0n) is 18.8. The third kappa shape index (κ3) is 3.45. The predicted molar refractivity (Wildman–Crippen MR) is 122 cm³/mol. The standard InChI is InChI=1S/C24H23N5O4/c1-13-5-6-16(26-23-27-21(33-28-23)24(7-8-24)22(31)32-4)11-17(13)18-10-15-12-25-14(2)9-19(15)29(3)20(18)30/h5-6,9-12H,7-8H2,1-4H3,(H,26,28). The van der Waals surface area contributed by atoms with Crippen LogP contribution in [0.15, 0.2) is 45.8 Å². The van der Waals surface area contributed by atoms with E-state index >= 15 is 0 Å². The van der Waals surface area contributed by atoms with Gasteiger partial charge >= 0.3 is 5.97 Å². The number of aromatic nitrogens is 4. The number of benzene rings is 1. The van der Waals surface area contributed by atoms with E-state index in [1.807, 2.05) is 44.2 Å². The Kier molecular flexibility index (Phi) is 4.77. The van der Waals surface area contributed by atoms with Gasteiger partial charge in [-0.2, -0.15) is 4.98 Å². The van der Waals surface area contributed by atoms with Gasteiger partial charge < -0.3 is 19.1 Å². The molecule has 5 rings (SSSR count). The first-order valence-corrected chi connectivity index (χ1v) is 10.6. The van der Waals surface area contributed by atoms with Gasteiger partial charge in [0.15, 0.2) is 0 Å². The predicted octanol–water partition coefficient (Wildman–Crippen LogP) is 3.55. The summed E-state index contributed by atoms with van der Waals surface area (Å²) in [7, 11) is 3.11. The van der Waals surface area contributed by atoms with Crippen molar-refractivity contribution in [2.45, 2.75) is 32.1 Å². The Balaban J connectivity index is 1.50. The second-order valence-electron chi connectivity index (χ2n) is 8.46. The molecule has 9 heteroatoms. The molecular formula is C24H23N5O4. The Morgan fingerprint density at radius 2 is 1.97 bits per heavy atom. The van der Waals surface area contributed by atoms with Crippen LogP contribution in [0.2, 0.25) is 0 Å². The molecule has 1 saturated carbocycles. The van der Waals surface area contributed by atoms with Gasteiger partial charge in [-0.3, -0.25) is 14.6 Å². The Morgan fingerprint density at radius 1 is 1.18 bits per heavy atom. The topological polar surface area (TPSA) is 112 Å². The van der Waals surface area contributed by atoms with E-state index in [2.05, 4.69) is 20.4 Å². The molecule has 1 aliphatic rings. The third-order valence-corrected chi connectivity index (χ3v) is 6.19. The first-order chi connectivity index (χ1) is 15.8. The molecule has 168 valence electrons. The van der Waals surface area contributed by atoms with Crippen LogP contribution in [0.1, 0.15) is 30.0 Å². The molecule has 0 bridgehead atoms. The molecule has 0 atom stereocenters. The molecule has 1 aromatic carbocycles. The van der Waals surface area contributed by atoms with Gasteiger partial charge in [0.2, 0.25) is 5.89 Å². The quantitative estimate of drug-likeness (QED) is 0.464. The highest BCUT2D eigenvalue weighted by Crippen LogP contribution is 2.48. The highest BCUT2D eigenvalue weighted by Gasteiger charge is 2.57. The number of aryl methyl sites for hydroxylation is 3. The van der Waals surface area contributed by atoms with E-state index in [0.717, 1.165) is 27.7 Å². The van der Waals surface area contributed by atoms with Crippen molar-refractivity contribution < 1.29 is 14.1 Å². The van der Waals surface area contributed by atoms with Gasteiger partial charge in [-0.1, -0.05) is 6.07 Å². The number of methoxy groups -OCH3 is 1. The lowest BCUT2D eigenvalue weighted by atomic mass is 9.99. The van der Waals surface area contributed by atoms with Crippen LogP contribution in [0.3, 0.4) is 0 Å². The molecule has 1 aliphatic carbocycles. The first kappa shape index (κ1) is 20.9. The summed E-state index contributed by atoms with van der Waals surface area (Å²) >= 11 is 0. The van der Waals surface area contributed by atoms with Gasteiger partial charge in [-0.05, 0) is 67.2 Å². The monoisotopic (exact) mass is 445 g/mol. The molecule has 0 unspecified atom stereocenters. The number of nitrogens with zero attached hydrogens (tertiary/aromatic N) is 4. The number of carbonyl (C=O) groups is 1. The molecule has 1 N–H and O–H groups in total. The Labute approximate surface area is 189 Å². The van der Waals surface area contributed by atoms with Crippen LogP contribution in [0.25, 0.3) is 22.0 Å². The van der Waals surface area contributed by atoms with Gasteiger partial charge in [-0.15, -0.1) is 0 Å². The van der Waals surface area contributed by atoms with Crippen LogP contribution in [0.4, 0.5) is 11.6 Å². The molecule has 9 nitrogen and oxygen atoms in total. The number of hydrogen-bond acceptors (Lipinski definition) is 8. The van der Waals surface area contributed by atoms with E-state index in [1.54, 1.807) is 17.8 Å². The van der Waals surface area contributed by atoms with Crippen LogP contribution in [0, 0.1) is 13.8 Å². The lowest BCUT2D eigenvalue weighted by molar-refractivity contribution is -0.144. The lowest BCUT2D eigenvalue weighted by Gasteiger charge is -2.12. The second kappa shape index (κ2) is 7.54. The number of rotatable bonds is 5. The van der Waals surface area contributed by atoms with Crippen molar-refractivity contribution in [2.24, 2.45) is 7.05 Å². The molecule has 3 aromatic heterocycles. The van der Waals surface area contributed by atoms with Gasteiger partial charge in [0.25, 0.3) is 11.5 Å². The van der Waals surface area contributed by atoms with Crippen LogP contribution < -0.4 is 10.9 Å². The van der Waals surface area contributed by atoms with Crippen molar-refractivity contribution in [1.29, 1.82) is 0 Å². The van der Waals surface area contributed by atoms with E-state index in [9.17, 15) is 9.59 Å². The van der Waals surface area contributed by atoms with Gasteiger partial charge in [0.1, 0.15) is 5.41 Å². The van der Waals surface area contributed by atoms with Crippen molar-refractivity contribution in [3.05, 3.63) is 64.0 Å². The molecule has 33 heavy (non-hydrogen) atoms. The molecule has 0 spiro atoms. The zero-order chi connectivity index (χ0) is 23.3. The SMILES string of the molecule is COC(=O)C1(c2nc(Nc3ccc(C)c(-c4cc5cnc(C)cc5n(C)c4=O)c3)no2)CC1. The molecule has 1 fully saturated rings. The van der Waals surface area contributed by atoms with E-state index < -0.39 is 5.41 Å². The van der Waals surface area contributed by atoms with Crippen LogP contribution in [-0.2, 0) is 22.0 Å². The smallest absolute Gasteiger partial charge is 0.321 e. The normalized spacial score (nSPS) is 14.3. The number of esters is 1. The summed E-state index contributed by atoms with van der Waals surface area (Å²) in [6.45, 7) is 3.85. The molecule has 0 amide bonds. The molecule has 3 heterocycles. The number of carbonyl (C=O) groups excluding carboxylic acids is 1. The summed E-state index contributed by atoms with van der Waals surface area (Å²) in [6, 6.07) is 9.45. The maximum atomic E-state index is 13.2. The van der Waals surface area contributed by atoms with Crippen molar-refractivity contribution in [3.63, 3.8) is 0 Å². The molecule has 4 aromatic rings. The van der Waals surface area contributed by atoms with Crippen molar-refractivity contribution in [2.75, 3.05) is 12.4 Å². The van der Waals surface area contributed by atoms with Crippen molar-refractivity contribution in [1.82, 2.24) is 19.7 Å². The average Bonchev–Trinajstić information content (AvgIpc) is 3.49. The number of pyridine rings is 2. The Hall–Kier alpha value is -4.01. The molecule has 0 aliphatic heterocycles. The Morgan fingerprint density at radius 3 is 2.70 bits per heavy atom. The maximum Gasteiger partial charge on any atom is 0.321 e. The number of anilines is 2. The summed E-state index contributed by atoms with van der Waals surface area (Å²) < 4.78 is 11.9. The highest BCUT2D eigenvalue weighted by molar-refractivity contribution is 5.86. The largest absolute Gasteiger partial charge is 0.468 e. The van der Waals surface area contributed by atoms with E-state index in [1.165, 1.54) is 7.11 Å². The summed E-state index contributed by atoms with van der Waals surface area (Å²) in [5, 5.41) is 7.95. The number of hydrogen-bond donors (Lipinski definition) is 1. The number of fused-ring (bicyclic) bond motifs is 1. The Bertz CT molecular complexity index is 1470. The molecule has 0 radical (unpaired) electrons. The minimum absolute atomic E-state index is 0.0936. The summed E-state index contributed by atoms with van der Waals surface area (Å²) in [4.78, 5) is 34.0. The van der Waals surface area contributed by atoms with Crippen molar-refractivity contribution in [3.8, 4) is 11.1 Å². The molecular weight excluding hydrogens is 422 g/mol. The van der Waals surface area contributed by atoms with E-state index in [4.69, 9.17) is 9.26 Å². The highest BCUT2D eigenvalue weighted by atomic mass is 16.5. The molecule has 0 saturated heterocycles. The fourth-order valence-electron chi connectivity index (χ4n) is 4.07. The zero-order valence-corrected chi connectivity index (χ0v) is 18.8. The van der Waals surface area contributed by atoms with E-state index in [0.29, 0.717) is 24.1 Å². The van der Waals surface area contributed by atoms with Crippen molar-refractivity contribution >= 4 is 28.5 Å². The van der Waals surface area contributed by atoms with Gasteiger partial charge in [0, 0.05) is 35.6 Å². The first-order valence-electron chi connectivity index (χ1n) is 10.6. The fourth-order valence-corrected chi connectivity index (χ4v) is 4.07. The second-order valence-corrected chi connectivity index (χ2v) is 8.46. The van der Waals surface area contributed by atoms with Gasteiger partial charge in [0.05, 0.1) is 12.6 Å². The number of ether oxygens (including phenoxy) is 1. The number of nitrogens with one attached hydrogen (secondary N) is 1. The lowest BCUT2D eigenvalue weighted by Crippen LogP contribution is -2.22. The fraction of sp³-hybridized carbons (Fsp3) is 0.292.